The molecule has 1 aromatic heterocycles. The highest BCUT2D eigenvalue weighted by Gasteiger charge is 2.37. The maximum atomic E-state index is 13.5. The van der Waals surface area contributed by atoms with Gasteiger partial charge in [0.1, 0.15) is 11.9 Å². The van der Waals surface area contributed by atoms with Crippen molar-refractivity contribution in [3.8, 4) is 5.69 Å². The van der Waals surface area contributed by atoms with Crippen molar-refractivity contribution >= 4 is 11.8 Å². The second-order valence-corrected chi connectivity index (χ2v) is 9.83. The number of amides is 2. The number of carbonyl (C=O) groups is 2. The summed E-state index contributed by atoms with van der Waals surface area (Å²) >= 11 is 0. The van der Waals surface area contributed by atoms with Crippen LogP contribution in [0.3, 0.4) is 0 Å². The van der Waals surface area contributed by atoms with E-state index in [1.54, 1.807) is 46.2 Å². The average Bonchev–Trinajstić information content (AvgIpc) is 3.52. The van der Waals surface area contributed by atoms with E-state index >= 15 is 0 Å². The fourth-order valence-electron chi connectivity index (χ4n) is 4.85. The molecule has 2 aliphatic rings. The molecule has 0 spiro atoms. The summed E-state index contributed by atoms with van der Waals surface area (Å²) in [5, 5.41) is 14.2. The lowest BCUT2D eigenvalue weighted by molar-refractivity contribution is -0.135. The van der Waals surface area contributed by atoms with Crippen LogP contribution in [0.4, 0.5) is 4.39 Å². The summed E-state index contributed by atoms with van der Waals surface area (Å²) in [7, 11) is 0. The molecule has 2 amide bonds. The molecule has 3 atom stereocenters. The summed E-state index contributed by atoms with van der Waals surface area (Å²) in [4.78, 5) is 29.7. The van der Waals surface area contributed by atoms with Crippen LogP contribution in [0.25, 0.3) is 5.69 Å². The van der Waals surface area contributed by atoms with Gasteiger partial charge in [0.15, 0.2) is 0 Å². The number of hydrogen-bond acceptors (Lipinski definition) is 6. The van der Waals surface area contributed by atoms with E-state index in [-0.39, 0.29) is 43.8 Å². The van der Waals surface area contributed by atoms with E-state index in [0.29, 0.717) is 36.9 Å². The van der Waals surface area contributed by atoms with Gasteiger partial charge < -0.3 is 20.4 Å². The second-order valence-electron chi connectivity index (χ2n) is 9.83. The van der Waals surface area contributed by atoms with Crippen molar-refractivity contribution < 1.29 is 18.1 Å². The fourth-order valence-corrected chi connectivity index (χ4v) is 4.85. The number of benzene rings is 2. The molecule has 9 nitrogen and oxygen atoms in total. The molecular formula is C28H34FN7O2. The number of carbonyl (C=O) groups excluding carboxylic acids is 2. The van der Waals surface area contributed by atoms with Crippen molar-refractivity contribution in [1.29, 1.82) is 0 Å². The molecular weight excluding hydrogens is 485 g/mol. The van der Waals surface area contributed by atoms with E-state index in [0.717, 1.165) is 17.7 Å². The van der Waals surface area contributed by atoms with Gasteiger partial charge in [-0.05, 0) is 74.7 Å². The van der Waals surface area contributed by atoms with Gasteiger partial charge in [0.05, 0.1) is 18.1 Å². The Labute approximate surface area is 226 Å². The standard InChI is InChI=1S/C28H34FN7O2/c1-34-15-17-35(18-16-34)28(38)25(3-2-12-30-26-19-24(26)20-4-8-22(29)9-5-20)32-27(37)21-6-10-23(11-7-21)36-14-13-31-33-36/h4-11,13-14,24-26,30H,2-3,12,15-19H2,1H3,(H,32,37)/t24-,25-,26?/m0/s1/i1D3. The van der Waals surface area contributed by atoms with E-state index < -0.39 is 13.0 Å². The molecule has 2 fully saturated rings. The zero-order valence-electron chi connectivity index (χ0n) is 24.1. The first-order chi connectivity index (χ1) is 19.7. The van der Waals surface area contributed by atoms with E-state index in [1.165, 1.54) is 17.0 Å². The third-order valence-electron chi connectivity index (χ3n) is 7.18. The smallest absolute Gasteiger partial charge is 0.251 e. The first-order valence-corrected chi connectivity index (χ1v) is 13.0. The molecule has 200 valence electrons. The van der Waals surface area contributed by atoms with Gasteiger partial charge in [-0.3, -0.25) is 9.59 Å². The van der Waals surface area contributed by atoms with Crippen molar-refractivity contribution in [3.05, 3.63) is 77.9 Å². The Bertz CT molecular complexity index is 1310. The van der Waals surface area contributed by atoms with Crippen molar-refractivity contribution in [2.24, 2.45) is 0 Å². The number of nitrogens with zero attached hydrogens (tertiary/aromatic N) is 5. The minimum absolute atomic E-state index is 0.210. The van der Waals surface area contributed by atoms with Gasteiger partial charge in [-0.15, -0.1) is 5.10 Å². The lowest BCUT2D eigenvalue weighted by Gasteiger charge is -2.34. The molecule has 2 aromatic carbocycles. The largest absolute Gasteiger partial charge is 0.340 e. The van der Waals surface area contributed by atoms with E-state index in [1.807, 2.05) is 12.1 Å². The Morgan fingerprint density at radius 1 is 1.11 bits per heavy atom. The van der Waals surface area contributed by atoms with E-state index in [4.69, 9.17) is 4.11 Å². The SMILES string of the molecule is [2H]C([2H])([2H])N1CCN(C(=O)[C@H](CCCNC2C[C@H]2c2ccc(F)cc2)NC(=O)c2ccc(-n3ccnn3)cc2)CC1. The Balaban J connectivity index is 1.18. The molecule has 0 bridgehead atoms. The normalized spacial score (nSPS) is 21.7. The molecule has 1 aliphatic carbocycles. The second kappa shape index (κ2) is 11.8. The predicted octanol–water partition coefficient (Wildman–Crippen LogP) is 2.20. The number of aromatic nitrogens is 3. The minimum Gasteiger partial charge on any atom is -0.340 e. The summed E-state index contributed by atoms with van der Waals surface area (Å²) < 4.78 is 37.7. The fraction of sp³-hybridized carbons (Fsp3) is 0.429. The minimum atomic E-state index is -2.19. The van der Waals surface area contributed by atoms with E-state index in [2.05, 4.69) is 20.9 Å². The Kier molecular flexibility index (Phi) is 6.96. The van der Waals surface area contributed by atoms with Crippen LogP contribution in [0.5, 0.6) is 0 Å². The lowest BCUT2D eigenvalue weighted by Crippen LogP contribution is -2.54. The van der Waals surface area contributed by atoms with Gasteiger partial charge in [0.2, 0.25) is 5.91 Å². The first kappa shape index (κ1) is 22.4. The van der Waals surface area contributed by atoms with Crippen molar-refractivity contribution in [2.75, 3.05) is 39.7 Å². The van der Waals surface area contributed by atoms with Gasteiger partial charge in [0.25, 0.3) is 5.91 Å². The number of piperazine rings is 1. The number of rotatable bonds is 10. The lowest BCUT2D eigenvalue weighted by atomic mass is 10.1. The molecule has 10 heteroatoms. The van der Waals surface area contributed by atoms with Gasteiger partial charge in [-0.1, -0.05) is 17.3 Å². The van der Waals surface area contributed by atoms with Gasteiger partial charge in [0, 0.05) is 47.8 Å². The predicted molar refractivity (Wildman–Crippen MR) is 141 cm³/mol. The van der Waals surface area contributed by atoms with Crippen molar-refractivity contribution in [3.63, 3.8) is 0 Å². The molecule has 5 rings (SSSR count). The molecule has 1 saturated carbocycles. The first-order valence-electron chi connectivity index (χ1n) is 14.5. The topological polar surface area (TPSA) is 95.4 Å². The summed E-state index contributed by atoms with van der Waals surface area (Å²) in [6.07, 6.45) is 5.33. The van der Waals surface area contributed by atoms with Crippen LogP contribution < -0.4 is 10.6 Å². The van der Waals surface area contributed by atoms with Crippen LogP contribution in [0, 0.1) is 5.82 Å². The molecule has 1 aliphatic heterocycles. The van der Waals surface area contributed by atoms with Crippen LogP contribution in [-0.4, -0.2) is 88.4 Å². The van der Waals surface area contributed by atoms with Gasteiger partial charge in [-0.2, -0.15) is 0 Å². The highest BCUT2D eigenvalue weighted by Crippen LogP contribution is 2.40. The molecule has 2 N–H and O–H groups in total. The monoisotopic (exact) mass is 522 g/mol. The molecule has 0 radical (unpaired) electrons. The zero-order chi connectivity index (χ0) is 29.0. The Hall–Kier alpha value is -3.63. The van der Waals surface area contributed by atoms with Gasteiger partial charge in [-0.25, -0.2) is 9.07 Å². The maximum absolute atomic E-state index is 13.5. The molecule has 1 saturated heterocycles. The summed E-state index contributed by atoms with van der Waals surface area (Å²) in [5.74, 6) is -0.468. The molecule has 38 heavy (non-hydrogen) atoms. The quantitative estimate of drug-likeness (QED) is 0.397. The summed E-state index contributed by atoms with van der Waals surface area (Å²) in [5.41, 5.74) is 2.27. The number of hydrogen-bond donors (Lipinski definition) is 2. The van der Waals surface area contributed by atoms with Crippen LogP contribution in [0.1, 0.15) is 45.2 Å². The number of halogens is 1. The maximum Gasteiger partial charge on any atom is 0.251 e. The highest BCUT2D eigenvalue weighted by atomic mass is 19.1. The Morgan fingerprint density at radius 3 is 2.55 bits per heavy atom. The van der Waals surface area contributed by atoms with Crippen LogP contribution in [0.15, 0.2) is 60.9 Å². The number of likely N-dealkylation sites (N-methyl/N-ethyl adjacent to an activating group) is 1. The highest BCUT2D eigenvalue weighted by molar-refractivity contribution is 5.97. The molecule has 2 heterocycles. The molecule has 3 aromatic rings. The molecule has 1 unspecified atom stereocenters. The summed E-state index contributed by atoms with van der Waals surface area (Å²) in [6.45, 7) is -0.449. The summed E-state index contributed by atoms with van der Waals surface area (Å²) in [6, 6.07) is 13.0. The Morgan fingerprint density at radius 2 is 1.87 bits per heavy atom. The van der Waals surface area contributed by atoms with Crippen molar-refractivity contribution in [1.82, 2.24) is 35.4 Å². The average molecular weight is 523 g/mol. The number of nitrogens with one attached hydrogen (secondary N) is 2. The third kappa shape index (κ3) is 6.43. The van der Waals surface area contributed by atoms with Crippen LogP contribution in [-0.2, 0) is 4.79 Å². The van der Waals surface area contributed by atoms with E-state index in [9.17, 15) is 14.0 Å². The van der Waals surface area contributed by atoms with Crippen LogP contribution in [0.2, 0.25) is 0 Å². The van der Waals surface area contributed by atoms with Gasteiger partial charge >= 0.3 is 0 Å². The zero-order valence-corrected chi connectivity index (χ0v) is 21.1. The van der Waals surface area contributed by atoms with Crippen LogP contribution >= 0.6 is 0 Å². The third-order valence-corrected chi connectivity index (χ3v) is 7.18. The van der Waals surface area contributed by atoms with Crippen molar-refractivity contribution in [2.45, 2.75) is 37.3 Å².